The maximum absolute atomic E-state index is 16.0. The van der Waals surface area contributed by atoms with E-state index >= 15 is 8.78 Å². The quantitative estimate of drug-likeness (QED) is 0.316. The molecule has 0 spiro atoms. The number of carbonyl (C=O) groups is 1. The predicted molar refractivity (Wildman–Crippen MR) is 157 cm³/mol. The van der Waals surface area contributed by atoms with Crippen molar-refractivity contribution in [2.24, 2.45) is 11.7 Å². The normalized spacial score (nSPS) is 18.1. The molecule has 1 atom stereocenters. The number of amides is 1. The Labute approximate surface area is 247 Å². The number of likely N-dealkylation sites (tertiary alicyclic amines) is 1. The van der Waals surface area contributed by atoms with Crippen LogP contribution in [-0.4, -0.2) is 51.0 Å². The average Bonchev–Trinajstić information content (AvgIpc) is 3.48. The van der Waals surface area contributed by atoms with Crippen molar-refractivity contribution in [3.05, 3.63) is 70.7 Å². The summed E-state index contributed by atoms with van der Waals surface area (Å²) in [5.41, 5.74) is 5.28. The number of benzene rings is 3. The molecule has 2 aliphatic rings. The van der Waals surface area contributed by atoms with E-state index in [0.717, 1.165) is 31.1 Å². The van der Waals surface area contributed by atoms with Crippen LogP contribution in [0.5, 0.6) is 5.75 Å². The number of carbonyl (C=O) groups excluding carboxylic acids is 1. The van der Waals surface area contributed by atoms with E-state index in [1.807, 2.05) is 6.07 Å². The summed E-state index contributed by atoms with van der Waals surface area (Å²) in [5.74, 6) is -3.88. The van der Waals surface area contributed by atoms with E-state index in [4.69, 9.17) is 10.5 Å². The topological polar surface area (TPSA) is 102 Å². The van der Waals surface area contributed by atoms with Crippen LogP contribution in [0.3, 0.4) is 0 Å². The average molecular weight is 651 g/mol. The minimum absolute atomic E-state index is 0.180. The number of piperidine rings is 1. The molecule has 1 amide bonds. The maximum Gasteiger partial charge on any atom is 0.298 e. The number of hydrogen-bond donors (Lipinski definition) is 2. The fourth-order valence-corrected chi connectivity index (χ4v) is 7.04. The molecule has 5 rings (SSSR count). The molecule has 7 nitrogen and oxygen atoms in total. The highest BCUT2D eigenvalue weighted by atomic mass is 79.9. The van der Waals surface area contributed by atoms with Crippen molar-refractivity contribution < 1.29 is 26.7 Å². The number of halogens is 3. The molecule has 1 saturated carbocycles. The first-order chi connectivity index (χ1) is 19.6. The molecule has 11 heteroatoms. The van der Waals surface area contributed by atoms with Crippen molar-refractivity contribution in [3.63, 3.8) is 0 Å². The van der Waals surface area contributed by atoms with Gasteiger partial charge in [-0.2, -0.15) is 13.5 Å². The summed E-state index contributed by atoms with van der Waals surface area (Å²) in [6.07, 6.45) is 5.63. The fourth-order valence-electron chi connectivity index (χ4n) is 5.55. The van der Waals surface area contributed by atoms with Gasteiger partial charge in [0.05, 0.1) is 11.0 Å². The molecule has 41 heavy (non-hydrogen) atoms. The van der Waals surface area contributed by atoms with Gasteiger partial charge in [-0.3, -0.25) is 4.79 Å². The van der Waals surface area contributed by atoms with E-state index in [0.29, 0.717) is 35.0 Å². The van der Waals surface area contributed by atoms with E-state index in [1.165, 1.54) is 41.3 Å². The van der Waals surface area contributed by atoms with Gasteiger partial charge in [-0.15, -0.1) is 0 Å². The molecule has 0 radical (unpaired) electrons. The smallest absolute Gasteiger partial charge is 0.298 e. The lowest BCUT2D eigenvalue weighted by Crippen LogP contribution is -2.57. The molecule has 0 aromatic heterocycles. The summed E-state index contributed by atoms with van der Waals surface area (Å²) >= 11 is 3.23. The van der Waals surface area contributed by atoms with Gasteiger partial charge < -0.3 is 15.4 Å². The van der Waals surface area contributed by atoms with Crippen molar-refractivity contribution >= 4 is 42.6 Å². The largest absolute Gasteiger partial charge is 0.490 e. The zero-order chi connectivity index (χ0) is 29.2. The number of hydrogen-bond acceptors (Lipinski definition) is 5. The maximum atomic E-state index is 16.0. The first-order valence-electron chi connectivity index (χ1n) is 13.9. The lowest BCUT2D eigenvalue weighted by molar-refractivity contribution is -0.145. The van der Waals surface area contributed by atoms with E-state index in [1.54, 1.807) is 18.2 Å². The summed E-state index contributed by atoms with van der Waals surface area (Å²) in [5, 5.41) is 1.37. The van der Waals surface area contributed by atoms with Gasteiger partial charge in [0.25, 0.3) is 5.92 Å². The number of nitrogens with zero attached hydrogens (tertiary/aromatic N) is 1. The number of nitrogens with one attached hydrogen (secondary N) is 1. The molecule has 3 aromatic carbocycles. The number of ether oxygens (including phenoxy) is 1. The van der Waals surface area contributed by atoms with Gasteiger partial charge in [-0.05, 0) is 98.2 Å². The van der Waals surface area contributed by atoms with Crippen LogP contribution in [0.15, 0.2) is 70.0 Å². The Bertz CT molecular complexity index is 1490. The number of alkyl halides is 2. The Balaban J connectivity index is 1.43. The van der Waals surface area contributed by atoms with Gasteiger partial charge in [0, 0.05) is 23.1 Å². The van der Waals surface area contributed by atoms with Crippen LogP contribution in [0.25, 0.3) is 10.8 Å². The van der Waals surface area contributed by atoms with E-state index < -0.39 is 33.5 Å². The van der Waals surface area contributed by atoms with Crippen molar-refractivity contribution in [1.29, 1.82) is 0 Å². The summed E-state index contributed by atoms with van der Waals surface area (Å²) in [6, 6.07) is 12.7. The van der Waals surface area contributed by atoms with Crippen LogP contribution >= 0.6 is 15.9 Å². The van der Waals surface area contributed by atoms with Gasteiger partial charge in [-0.25, -0.2) is 8.42 Å². The third-order valence-electron chi connectivity index (χ3n) is 8.07. The lowest BCUT2D eigenvalue weighted by atomic mass is 9.95. The second kappa shape index (κ2) is 12.3. The molecule has 1 aliphatic carbocycles. The zero-order valence-corrected chi connectivity index (χ0v) is 25.0. The third kappa shape index (κ3) is 6.74. The third-order valence-corrected chi connectivity index (χ3v) is 10.0. The molecule has 1 heterocycles. The standard InChI is InChI=1S/C30H34BrF2N3O4S/c31-24-9-7-23(8-10-24)30(32,33)28(29(37)36-15-13-20(19-34)14-16-36)35-41(38,39)27-12-6-21-17-26(11-5-22(21)18-27)40-25-3-1-2-4-25/h5-12,17-18,20,25,28,35H,1-4,13-16,19,34H2/t28-/m1/s1. The van der Waals surface area contributed by atoms with Gasteiger partial charge in [0.15, 0.2) is 6.04 Å². The highest BCUT2D eigenvalue weighted by molar-refractivity contribution is 9.10. The van der Waals surface area contributed by atoms with Crippen molar-refractivity contribution in [3.8, 4) is 5.75 Å². The zero-order valence-electron chi connectivity index (χ0n) is 22.6. The molecule has 1 aliphatic heterocycles. The molecule has 0 unspecified atom stereocenters. The number of fused-ring (bicyclic) bond motifs is 1. The van der Waals surface area contributed by atoms with Crippen LogP contribution in [0.4, 0.5) is 8.78 Å². The molecule has 0 bridgehead atoms. The SMILES string of the molecule is NCC1CCN(C(=O)[C@@H](NS(=O)(=O)c2ccc3cc(OC4CCCC4)ccc3c2)C(F)(F)c2ccc(Br)cc2)CC1. The monoisotopic (exact) mass is 649 g/mol. The van der Waals surface area contributed by atoms with Gasteiger partial charge in [0.1, 0.15) is 5.75 Å². The first kappa shape index (κ1) is 29.9. The minimum atomic E-state index is -4.52. The second-order valence-electron chi connectivity index (χ2n) is 10.9. The van der Waals surface area contributed by atoms with Crippen LogP contribution in [-0.2, 0) is 20.7 Å². The first-order valence-corrected chi connectivity index (χ1v) is 16.2. The van der Waals surface area contributed by atoms with Crippen molar-refractivity contribution in [2.75, 3.05) is 19.6 Å². The molecule has 3 aromatic rings. The summed E-state index contributed by atoms with van der Waals surface area (Å²) < 4.78 is 67.8. The van der Waals surface area contributed by atoms with Gasteiger partial charge in [0.2, 0.25) is 15.9 Å². The Hall–Kier alpha value is -2.60. The number of rotatable bonds is 9. The van der Waals surface area contributed by atoms with Crippen LogP contribution < -0.4 is 15.2 Å². The van der Waals surface area contributed by atoms with Crippen molar-refractivity contribution in [1.82, 2.24) is 9.62 Å². The van der Waals surface area contributed by atoms with Gasteiger partial charge in [-0.1, -0.05) is 40.2 Å². The highest BCUT2D eigenvalue weighted by Crippen LogP contribution is 2.35. The Kier molecular flexibility index (Phi) is 8.98. The van der Waals surface area contributed by atoms with E-state index in [9.17, 15) is 13.2 Å². The summed E-state index contributed by atoms with van der Waals surface area (Å²) in [4.78, 5) is 14.6. The molecule has 1 saturated heterocycles. The summed E-state index contributed by atoms with van der Waals surface area (Å²) in [6.45, 7) is 0.913. The Morgan fingerprint density at radius 1 is 1.00 bits per heavy atom. The molecule has 220 valence electrons. The Morgan fingerprint density at radius 2 is 1.63 bits per heavy atom. The van der Waals surface area contributed by atoms with Gasteiger partial charge >= 0.3 is 0 Å². The van der Waals surface area contributed by atoms with E-state index in [-0.39, 0.29) is 30.0 Å². The lowest BCUT2D eigenvalue weighted by Gasteiger charge is -2.36. The van der Waals surface area contributed by atoms with Crippen LogP contribution in [0.2, 0.25) is 0 Å². The molecule has 2 fully saturated rings. The Morgan fingerprint density at radius 3 is 2.29 bits per heavy atom. The molecular weight excluding hydrogens is 616 g/mol. The predicted octanol–water partition coefficient (Wildman–Crippen LogP) is 5.56. The molecular formula is C30H34BrF2N3O4S. The second-order valence-corrected chi connectivity index (χ2v) is 13.5. The van der Waals surface area contributed by atoms with Crippen LogP contribution in [0.1, 0.15) is 44.1 Å². The summed E-state index contributed by atoms with van der Waals surface area (Å²) in [7, 11) is -4.52. The minimum Gasteiger partial charge on any atom is -0.490 e. The number of nitrogens with two attached hydrogens (primary N) is 1. The number of sulfonamides is 1. The highest BCUT2D eigenvalue weighted by Gasteiger charge is 2.50. The fraction of sp³-hybridized carbons (Fsp3) is 0.433. The van der Waals surface area contributed by atoms with Crippen molar-refractivity contribution in [2.45, 2.75) is 61.5 Å². The van der Waals surface area contributed by atoms with E-state index in [2.05, 4.69) is 20.7 Å². The molecule has 3 N–H and O–H groups in total. The van der Waals surface area contributed by atoms with Crippen LogP contribution in [0, 0.1) is 5.92 Å².